The topological polar surface area (TPSA) is 45.7 Å². The summed E-state index contributed by atoms with van der Waals surface area (Å²) >= 11 is 1.88. The highest BCUT2D eigenvalue weighted by Crippen LogP contribution is 2.24. The van der Waals surface area contributed by atoms with Gasteiger partial charge in [-0.1, -0.05) is 6.07 Å². The number of ether oxygens (including phenoxy) is 1. The lowest BCUT2D eigenvalue weighted by Gasteiger charge is -2.24. The van der Waals surface area contributed by atoms with Crippen molar-refractivity contribution in [1.82, 2.24) is 10.6 Å². The second-order valence-corrected chi connectivity index (χ2v) is 6.50. The van der Waals surface area contributed by atoms with Crippen molar-refractivity contribution in [3.05, 3.63) is 29.6 Å². The Bertz CT molecular complexity index is 551. The molecule has 0 aromatic heterocycles. The number of benzene rings is 1. The van der Waals surface area contributed by atoms with Crippen LogP contribution < -0.4 is 15.4 Å². The van der Waals surface area contributed by atoms with E-state index < -0.39 is 12.4 Å². The van der Waals surface area contributed by atoms with Gasteiger partial charge in [0, 0.05) is 18.3 Å². The molecular formula is C16H22F3N3OS. The van der Waals surface area contributed by atoms with Gasteiger partial charge in [-0.05, 0) is 37.7 Å². The van der Waals surface area contributed by atoms with Crippen molar-refractivity contribution in [2.45, 2.75) is 39.0 Å². The zero-order valence-corrected chi connectivity index (χ0v) is 14.3. The summed E-state index contributed by atoms with van der Waals surface area (Å²) in [5.41, 5.74) is 0.0213. The summed E-state index contributed by atoms with van der Waals surface area (Å²) in [7, 11) is 0. The van der Waals surface area contributed by atoms with Crippen LogP contribution in [0.3, 0.4) is 0 Å². The molecule has 1 saturated heterocycles. The number of guanidine groups is 1. The van der Waals surface area contributed by atoms with E-state index in [-0.39, 0.29) is 17.9 Å². The minimum absolute atomic E-state index is 0.0213. The number of nitrogens with one attached hydrogen (secondary N) is 2. The van der Waals surface area contributed by atoms with E-state index in [4.69, 9.17) is 0 Å². The second kappa shape index (κ2) is 9.66. The maximum atomic E-state index is 14.0. The fourth-order valence-corrected chi connectivity index (χ4v) is 3.50. The molecule has 134 valence electrons. The van der Waals surface area contributed by atoms with E-state index in [0.29, 0.717) is 18.5 Å². The standard InChI is InChI=1S/C16H22F3N3OS/c1-2-20-16(22-11-5-4-8-24-10-11)21-9-12-13(17)6-3-7-14(12)23-15(18)19/h3,6-7,11,15H,2,4-5,8-10H2,1H3,(H2,20,21,22). The number of hydrogen-bond donors (Lipinski definition) is 2. The molecule has 1 unspecified atom stereocenters. The number of hydrogen-bond acceptors (Lipinski definition) is 3. The summed E-state index contributed by atoms with van der Waals surface area (Å²) < 4.78 is 43.2. The van der Waals surface area contributed by atoms with Crippen molar-refractivity contribution in [2.24, 2.45) is 4.99 Å². The molecule has 2 rings (SSSR count). The van der Waals surface area contributed by atoms with Crippen molar-refractivity contribution < 1.29 is 17.9 Å². The lowest BCUT2D eigenvalue weighted by Crippen LogP contribution is -2.45. The zero-order chi connectivity index (χ0) is 17.4. The molecule has 1 aliphatic heterocycles. The Morgan fingerprint density at radius 3 is 2.96 bits per heavy atom. The van der Waals surface area contributed by atoms with Crippen LogP contribution >= 0.6 is 11.8 Å². The normalized spacial score (nSPS) is 18.5. The molecule has 1 aromatic carbocycles. The van der Waals surface area contributed by atoms with Crippen LogP contribution in [0.1, 0.15) is 25.3 Å². The molecule has 0 amide bonds. The third kappa shape index (κ3) is 5.81. The van der Waals surface area contributed by atoms with Gasteiger partial charge in [-0.2, -0.15) is 20.5 Å². The van der Waals surface area contributed by atoms with Crippen LogP contribution in [-0.4, -0.2) is 36.7 Å². The molecule has 0 aliphatic carbocycles. The van der Waals surface area contributed by atoms with Crippen molar-refractivity contribution in [3.63, 3.8) is 0 Å². The molecule has 8 heteroatoms. The van der Waals surface area contributed by atoms with Crippen LogP contribution in [-0.2, 0) is 6.54 Å². The smallest absolute Gasteiger partial charge is 0.387 e. The molecule has 1 atom stereocenters. The molecule has 0 spiro atoms. The first kappa shape index (κ1) is 18.8. The molecule has 1 aromatic rings. The Labute approximate surface area is 144 Å². The van der Waals surface area contributed by atoms with Gasteiger partial charge < -0.3 is 15.4 Å². The Balaban J connectivity index is 2.09. The van der Waals surface area contributed by atoms with Gasteiger partial charge in [0.05, 0.1) is 12.1 Å². The van der Waals surface area contributed by atoms with Crippen molar-refractivity contribution in [2.75, 3.05) is 18.1 Å². The Morgan fingerprint density at radius 1 is 1.46 bits per heavy atom. The first-order chi connectivity index (χ1) is 11.6. The first-order valence-corrected chi connectivity index (χ1v) is 9.10. The number of rotatable bonds is 6. The second-order valence-electron chi connectivity index (χ2n) is 5.35. The minimum Gasteiger partial charge on any atom is -0.434 e. The fourth-order valence-electron chi connectivity index (χ4n) is 2.42. The molecule has 0 radical (unpaired) electrons. The summed E-state index contributed by atoms with van der Waals surface area (Å²) in [5.74, 6) is 1.91. The van der Waals surface area contributed by atoms with Crippen LogP contribution in [0.5, 0.6) is 5.75 Å². The number of thioether (sulfide) groups is 1. The van der Waals surface area contributed by atoms with Gasteiger partial charge in [-0.3, -0.25) is 0 Å². The molecule has 0 bridgehead atoms. The molecule has 1 fully saturated rings. The van der Waals surface area contributed by atoms with Gasteiger partial charge in [-0.25, -0.2) is 9.38 Å². The molecule has 1 aliphatic rings. The van der Waals surface area contributed by atoms with Gasteiger partial charge in [-0.15, -0.1) is 0 Å². The van der Waals surface area contributed by atoms with E-state index in [2.05, 4.69) is 20.4 Å². The predicted octanol–water partition coefficient (Wildman–Crippen LogP) is 3.38. The fraction of sp³-hybridized carbons (Fsp3) is 0.562. The molecule has 4 nitrogen and oxygen atoms in total. The molecular weight excluding hydrogens is 339 g/mol. The van der Waals surface area contributed by atoms with Gasteiger partial charge in [0.25, 0.3) is 0 Å². The van der Waals surface area contributed by atoms with E-state index in [1.165, 1.54) is 18.2 Å². The maximum Gasteiger partial charge on any atom is 0.387 e. The Hall–Kier alpha value is -1.57. The van der Waals surface area contributed by atoms with Gasteiger partial charge in [0.1, 0.15) is 11.6 Å². The van der Waals surface area contributed by atoms with Crippen LogP contribution in [0.2, 0.25) is 0 Å². The summed E-state index contributed by atoms with van der Waals surface area (Å²) in [5, 5.41) is 6.41. The van der Waals surface area contributed by atoms with Crippen LogP contribution in [0.25, 0.3) is 0 Å². The third-order valence-corrected chi connectivity index (χ3v) is 4.75. The Kier molecular flexibility index (Phi) is 7.55. The summed E-state index contributed by atoms with van der Waals surface area (Å²) in [6, 6.07) is 4.17. The molecule has 1 heterocycles. The average molecular weight is 361 g/mol. The van der Waals surface area contributed by atoms with E-state index in [1.807, 2.05) is 18.7 Å². The van der Waals surface area contributed by atoms with Gasteiger partial charge in [0.15, 0.2) is 5.96 Å². The predicted molar refractivity (Wildman–Crippen MR) is 91.3 cm³/mol. The minimum atomic E-state index is -3.00. The zero-order valence-electron chi connectivity index (χ0n) is 13.5. The quantitative estimate of drug-likeness (QED) is 0.602. The average Bonchev–Trinajstić information content (AvgIpc) is 2.55. The SMILES string of the molecule is CCNC(=NCc1c(F)cccc1OC(F)F)NC1CCCSC1. The van der Waals surface area contributed by atoms with Crippen molar-refractivity contribution >= 4 is 17.7 Å². The maximum absolute atomic E-state index is 14.0. The molecule has 24 heavy (non-hydrogen) atoms. The number of halogens is 3. The number of nitrogens with zero attached hydrogens (tertiary/aromatic N) is 1. The highest BCUT2D eigenvalue weighted by Gasteiger charge is 2.16. The first-order valence-electron chi connectivity index (χ1n) is 7.95. The van der Waals surface area contributed by atoms with Crippen LogP contribution in [0.4, 0.5) is 13.2 Å². The van der Waals surface area contributed by atoms with Crippen LogP contribution in [0, 0.1) is 5.82 Å². The van der Waals surface area contributed by atoms with E-state index in [9.17, 15) is 13.2 Å². The number of alkyl halides is 2. The summed E-state index contributed by atoms with van der Waals surface area (Å²) in [6.07, 6.45) is 2.19. The van der Waals surface area contributed by atoms with Gasteiger partial charge >= 0.3 is 6.61 Å². The monoisotopic (exact) mass is 361 g/mol. The third-order valence-electron chi connectivity index (χ3n) is 3.53. The van der Waals surface area contributed by atoms with Crippen LogP contribution in [0.15, 0.2) is 23.2 Å². The largest absolute Gasteiger partial charge is 0.434 e. The van der Waals surface area contributed by atoms with Crippen molar-refractivity contribution in [1.29, 1.82) is 0 Å². The van der Waals surface area contributed by atoms with Crippen molar-refractivity contribution in [3.8, 4) is 5.75 Å². The summed E-state index contributed by atoms with van der Waals surface area (Å²) in [4.78, 5) is 4.33. The van der Waals surface area contributed by atoms with E-state index in [0.717, 1.165) is 24.3 Å². The van der Waals surface area contributed by atoms with E-state index in [1.54, 1.807) is 0 Å². The highest BCUT2D eigenvalue weighted by atomic mass is 32.2. The lowest BCUT2D eigenvalue weighted by molar-refractivity contribution is -0.0506. The van der Waals surface area contributed by atoms with Gasteiger partial charge in [0.2, 0.25) is 0 Å². The Morgan fingerprint density at radius 2 is 2.29 bits per heavy atom. The number of aliphatic imine (C=N–C) groups is 1. The molecule has 0 saturated carbocycles. The summed E-state index contributed by atoms with van der Waals surface area (Å²) in [6.45, 7) is -0.491. The highest BCUT2D eigenvalue weighted by molar-refractivity contribution is 7.99. The molecule has 2 N–H and O–H groups in total. The lowest BCUT2D eigenvalue weighted by atomic mass is 10.2. The van der Waals surface area contributed by atoms with E-state index >= 15 is 0 Å².